The molecule has 1 fully saturated rings. The standard InChI is InChI=1S/C16H26BN3O3/c1-7-20-11-13(9-19-20)8-14(10-18-12(2)21)17-22-15(3,4)16(5,6)23-17/h8-9,11H,7,10H2,1-6H3,(H,18,21). The molecule has 7 heteroatoms. The molecule has 0 spiro atoms. The minimum absolute atomic E-state index is 0.0864. The summed E-state index contributed by atoms with van der Waals surface area (Å²) >= 11 is 0. The van der Waals surface area contributed by atoms with E-state index in [2.05, 4.69) is 10.4 Å². The summed E-state index contributed by atoms with van der Waals surface area (Å²) in [6.07, 6.45) is 5.72. The van der Waals surface area contributed by atoms with E-state index in [0.717, 1.165) is 17.6 Å². The molecule has 1 aromatic heterocycles. The molecule has 0 saturated carbocycles. The van der Waals surface area contributed by atoms with E-state index in [4.69, 9.17) is 9.31 Å². The van der Waals surface area contributed by atoms with Gasteiger partial charge < -0.3 is 14.6 Å². The Morgan fingerprint density at radius 2 is 1.96 bits per heavy atom. The smallest absolute Gasteiger partial charge is 0.400 e. The normalized spacial score (nSPS) is 19.9. The Labute approximate surface area is 138 Å². The highest BCUT2D eigenvalue weighted by atomic mass is 16.7. The number of carbonyl (C=O) groups is 1. The van der Waals surface area contributed by atoms with E-state index in [0.29, 0.717) is 6.54 Å². The number of aryl methyl sites for hydroxylation is 1. The van der Waals surface area contributed by atoms with Gasteiger partial charge in [-0.25, -0.2) is 0 Å². The number of carbonyl (C=O) groups excluding carboxylic acids is 1. The largest absolute Gasteiger partial charge is 0.492 e. The topological polar surface area (TPSA) is 65.4 Å². The molecule has 0 aliphatic carbocycles. The van der Waals surface area contributed by atoms with Crippen molar-refractivity contribution in [1.29, 1.82) is 0 Å². The lowest BCUT2D eigenvalue weighted by molar-refractivity contribution is -0.118. The van der Waals surface area contributed by atoms with Crippen molar-refractivity contribution in [2.45, 2.75) is 59.3 Å². The van der Waals surface area contributed by atoms with E-state index < -0.39 is 18.3 Å². The summed E-state index contributed by atoms with van der Waals surface area (Å²) in [7, 11) is -0.489. The minimum atomic E-state index is -0.489. The summed E-state index contributed by atoms with van der Waals surface area (Å²) in [5.74, 6) is -0.0864. The summed E-state index contributed by atoms with van der Waals surface area (Å²) in [6.45, 7) is 12.8. The van der Waals surface area contributed by atoms with Gasteiger partial charge in [-0.3, -0.25) is 9.48 Å². The maximum Gasteiger partial charge on any atom is 0.492 e. The molecule has 0 atom stereocenters. The Morgan fingerprint density at radius 1 is 1.35 bits per heavy atom. The fourth-order valence-electron chi connectivity index (χ4n) is 2.26. The molecule has 1 amide bonds. The van der Waals surface area contributed by atoms with Crippen molar-refractivity contribution in [2.75, 3.05) is 6.54 Å². The Morgan fingerprint density at radius 3 is 2.43 bits per heavy atom. The van der Waals surface area contributed by atoms with Crippen LogP contribution in [0.25, 0.3) is 6.08 Å². The first-order valence-corrected chi connectivity index (χ1v) is 7.97. The van der Waals surface area contributed by atoms with E-state index in [-0.39, 0.29) is 5.91 Å². The van der Waals surface area contributed by atoms with Gasteiger partial charge >= 0.3 is 7.12 Å². The first kappa shape index (κ1) is 17.8. The zero-order valence-electron chi connectivity index (χ0n) is 14.8. The maximum absolute atomic E-state index is 11.3. The molecular weight excluding hydrogens is 293 g/mol. The van der Waals surface area contributed by atoms with Crippen molar-refractivity contribution >= 4 is 19.1 Å². The third-order valence-corrected chi connectivity index (χ3v) is 4.43. The molecule has 1 N–H and O–H groups in total. The van der Waals surface area contributed by atoms with Crippen LogP contribution in [0.15, 0.2) is 17.9 Å². The average Bonchev–Trinajstić information content (AvgIpc) is 2.97. The van der Waals surface area contributed by atoms with Crippen LogP contribution in [-0.4, -0.2) is 40.6 Å². The minimum Gasteiger partial charge on any atom is -0.400 e. The van der Waals surface area contributed by atoms with E-state index in [1.807, 2.05) is 51.6 Å². The van der Waals surface area contributed by atoms with Crippen molar-refractivity contribution in [3.05, 3.63) is 23.4 Å². The van der Waals surface area contributed by atoms with E-state index >= 15 is 0 Å². The highest BCUT2D eigenvalue weighted by molar-refractivity contribution is 6.56. The molecule has 2 rings (SSSR count). The second-order valence-electron chi connectivity index (χ2n) is 6.85. The number of nitrogens with one attached hydrogen (secondary N) is 1. The van der Waals surface area contributed by atoms with Crippen LogP contribution in [-0.2, 0) is 20.6 Å². The second-order valence-corrected chi connectivity index (χ2v) is 6.85. The molecule has 1 aliphatic heterocycles. The molecule has 1 saturated heterocycles. The zero-order chi connectivity index (χ0) is 17.3. The molecule has 6 nitrogen and oxygen atoms in total. The molecule has 1 aromatic rings. The average molecular weight is 319 g/mol. The van der Waals surface area contributed by atoms with Crippen molar-refractivity contribution < 1.29 is 14.1 Å². The van der Waals surface area contributed by atoms with Crippen LogP contribution in [0.3, 0.4) is 0 Å². The maximum atomic E-state index is 11.3. The van der Waals surface area contributed by atoms with Crippen LogP contribution in [0.1, 0.15) is 47.1 Å². The van der Waals surface area contributed by atoms with Gasteiger partial charge in [0.1, 0.15) is 0 Å². The van der Waals surface area contributed by atoms with Gasteiger partial charge in [0.15, 0.2) is 0 Å². The molecule has 126 valence electrons. The molecule has 1 aliphatic rings. The fourth-order valence-corrected chi connectivity index (χ4v) is 2.26. The van der Waals surface area contributed by atoms with Crippen molar-refractivity contribution in [2.24, 2.45) is 0 Å². The van der Waals surface area contributed by atoms with Crippen molar-refractivity contribution in [1.82, 2.24) is 15.1 Å². The van der Waals surface area contributed by atoms with Gasteiger partial charge in [-0.1, -0.05) is 6.08 Å². The van der Waals surface area contributed by atoms with Gasteiger partial charge in [-0.15, -0.1) is 0 Å². The van der Waals surface area contributed by atoms with Crippen molar-refractivity contribution in [3.63, 3.8) is 0 Å². The third kappa shape index (κ3) is 4.03. The van der Waals surface area contributed by atoms with Gasteiger partial charge in [0.2, 0.25) is 5.91 Å². The summed E-state index contributed by atoms with van der Waals surface area (Å²) in [6, 6.07) is 0. The summed E-state index contributed by atoms with van der Waals surface area (Å²) in [4.78, 5) is 11.3. The fraction of sp³-hybridized carbons (Fsp3) is 0.625. The molecule has 23 heavy (non-hydrogen) atoms. The van der Waals surface area contributed by atoms with Crippen LogP contribution >= 0.6 is 0 Å². The number of hydrogen-bond donors (Lipinski definition) is 1. The SMILES string of the molecule is CCn1cc(C=C(CNC(C)=O)B2OC(C)(C)C(C)(C)O2)cn1. The van der Waals surface area contributed by atoms with E-state index in [1.165, 1.54) is 6.92 Å². The Kier molecular flexibility index (Phi) is 5.01. The summed E-state index contributed by atoms with van der Waals surface area (Å²) < 4.78 is 14.0. The quantitative estimate of drug-likeness (QED) is 0.844. The highest BCUT2D eigenvalue weighted by Gasteiger charge is 2.52. The molecule has 0 aromatic carbocycles. The number of nitrogens with zero attached hydrogens (tertiary/aromatic N) is 2. The van der Waals surface area contributed by atoms with E-state index in [1.54, 1.807) is 6.20 Å². The number of hydrogen-bond acceptors (Lipinski definition) is 4. The first-order valence-electron chi connectivity index (χ1n) is 7.97. The Bertz CT molecular complexity index is 591. The molecule has 0 unspecified atom stereocenters. The molecule has 0 bridgehead atoms. The zero-order valence-corrected chi connectivity index (χ0v) is 14.8. The van der Waals surface area contributed by atoms with Crippen LogP contribution < -0.4 is 5.32 Å². The Balaban J connectivity index is 2.26. The lowest BCUT2D eigenvalue weighted by atomic mass is 9.77. The number of amides is 1. The molecule has 2 heterocycles. The lowest BCUT2D eigenvalue weighted by Gasteiger charge is -2.32. The Hall–Kier alpha value is -1.60. The third-order valence-electron chi connectivity index (χ3n) is 4.43. The molecule has 0 radical (unpaired) electrons. The predicted molar refractivity (Wildman–Crippen MR) is 90.6 cm³/mol. The number of rotatable bonds is 5. The summed E-state index contributed by atoms with van der Waals surface area (Å²) in [5.41, 5.74) is 0.998. The van der Waals surface area contributed by atoms with Gasteiger partial charge in [0.25, 0.3) is 0 Å². The molecular formula is C16H26BN3O3. The van der Waals surface area contributed by atoms with E-state index in [9.17, 15) is 4.79 Å². The van der Waals surface area contributed by atoms with Gasteiger partial charge in [0, 0.05) is 31.8 Å². The van der Waals surface area contributed by atoms with Crippen LogP contribution in [0.4, 0.5) is 0 Å². The van der Waals surface area contributed by atoms with Crippen molar-refractivity contribution in [3.8, 4) is 0 Å². The predicted octanol–water partition coefficient (Wildman–Crippen LogP) is 2.05. The highest BCUT2D eigenvalue weighted by Crippen LogP contribution is 2.38. The van der Waals surface area contributed by atoms with Crippen LogP contribution in [0.5, 0.6) is 0 Å². The van der Waals surface area contributed by atoms with Gasteiger partial charge in [-0.05, 0) is 40.1 Å². The summed E-state index contributed by atoms with van der Waals surface area (Å²) in [5, 5.41) is 7.09. The lowest BCUT2D eigenvalue weighted by Crippen LogP contribution is -2.41. The monoisotopic (exact) mass is 319 g/mol. The van der Waals surface area contributed by atoms with Gasteiger partial charge in [-0.2, -0.15) is 5.10 Å². The first-order chi connectivity index (χ1) is 10.6. The van der Waals surface area contributed by atoms with Crippen LogP contribution in [0, 0.1) is 0 Å². The van der Waals surface area contributed by atoms with Gasteiger partial charge in [0.05, 0.1) is 17.4 Å². The second kappa shape index (κ2) is 6.49. The number of aromatic nitrogens is 2. The van der Waals surface area contributed by atoms with Crippen LogP contribution in [0.2, 0.25) is 0 Å².